The highest BCUT2D eigenvalue weighted by Crippen LogP contribution is 2.42. The SMILES string of the molecule is C1=C(c2nn3c(-c4ccccc4)cc4ccccc4c3c2-c2ccccc2)Cc2ccccc21. The standard InChI is InChI=1S/C32H22N2/c1-3-11-22(12-4-1)29-21-26-17-9-10-18-28(26)32-30(23-13-5-2-6-14-23)31(33-34(29)32)27-19-24-15-7-8-16-25(24)20-27/h1-19,21H,20H2. The van der Waals surface area contributed by atoms with Gasteiger partial charge in [0.15, 0.2) is 0 Å². The summed E-state index contributed by atoms with van der Waals surface area (Å²) in [5, 5.41) is 7.77. The average molecular weight is 435 g/mol. The third-order valence-corrected chi connectivity index (χ3v) is 6.82. The molecular formula is C32H22N2. The number of aromatic nitrogens is 2. The van der Waals surface area contributed by atoms with Gasteiger partial charge in [0.1, 0.15) is 0 Å². The third-order valence-electron chi connectivity index (χ3n) is 6.82. The minimum atomic E-state index is 0.901. The molecule has 2 heteroatoms. The zero-order valence-electron chi connectivity index (χ0n) is 18.6. The van der Waals surface area contributed by atoms with Crippen LogP contribution in [0.3, 0.4) is 0 Å². The second kappa shape index (κ2) is 7.57. The van der Waals surface area contributed by atoms with Gasteiger partial charge in [-0.05, 0) is 39.8 Å². The molecular weight excluding hydrogens is 412 g/mol. The van der Waals surface area contributed by atoms with E-state index in [1.807, 2.05) is 0 Å². The third kappa shape index (κ3) is 2.93. The van der Waals surface area contributed by atoms with Crippen molar-refractivity contribution in [2.75, 3.05) is 0 Å². The molecule has 160 valence electrons. The van der Waals surface area contributed by atoms with Crippen LogP contribution >= 0.6 is 0 Å². The molecule has 2 aromatic heterocycles. The average Bonchev–Trinajstić information content (AvgIpc) is 3.51. The molecule has 0 amide bonds. The summed E-state index contributed by atoms with van der Waals surface area (Å²) in [6.45, 7) is 0. The molecule has 0 spiro atoms. The van der Waals surface area contributed by atoms with Crippen molar-refractivity contribution in [2.24, 2.45) is 0 Å². The zero-order valence-corrected chi connectivity index (χ0v) is 18.6. The summed E-state index contributed by atoms with van der Waals surface area (Å²) in [6.07, 6.45) is 3.21. The Hall–Kier alpha value is -4.43. The van der Waals surface area contributed by atoms with Crippen molar-refractivity contribution in [3.8, 4) is 22.4 Å². The Kier molecular flexibility index (Phi) is 4.25. The topological polar surface area (TPSA) is 17.3 Å². The summed E-state index contributed by atoms with van der Waals surface area (Å²) in [5.74, 6) is 0. The lowest BCUT2D eigenvalue weighted by atomic mass is 9.96. The molecule has 0 bridgehead atoms. The normalized spacial score (nSPS) is 12.8. The number of nitrogens with zero attached hydrogens (tertiary/aromatic N) is 2. The maximum atomic E-state index is 5.33. The van der Waals surface area contributed by atoms with Crippen LogP contribution in [-0.2, 0) is 6.42 Å². The molecule has 34 heavy (non-hydrogen) atoms. The van der Waals surface area contributed by atoms with E-state index in [9.17, 15) is 0 Å². The zero-order chi connectivity index (χ0) is 22.5. The second-order valence-electron chi connectivity index (χ2n) is 8.88. The smallest absolute Gasteiger partial charge is 0.0976 e. The van der Waals surface area contributed by atoms with Crippen molar-refractivity contribution in [1.82, 2.24) is 9.61 Å². The van der Waals surface area contributed by atoms with E-state index in [4.69, 9.17) is 5.10 Å². The van der Waals surface area contributed by atoms with E-state index in [-0.39, 0.29) is 0 Å². The van der Waals surface area contributed by atoms with Crippen molar-refractivity contribution in [2.45, 2.75) is 6.42 Å². The predicted octanol–water partition coefficient (Wildman–Crippen LogP) is 7.92. The van der Waals surface area contributed by atoms with E-state index in [1.165, 1.54) is 38.6 Å². The Labute approximate surface area is 198 Å². The maximum absolute atomic E-state index is 5.33. The van der Waals surface area contributed by atoms with Crippen LogP contribution in [-0.4, -0.2) is 9.61 Å². The number of allylic oxidation sites excluding steroid dienone is 1. The summed E-state index contributed by atoms with van der Waals surface area (Å²) in [5.41, 5.74) is 10.8. The fourth-order valence-electron chi connectivity index (χ4n) is 5.24. The molecule has 0 unspecified atom stereocenters. The lowest BCUT2D eigenvalue weighted by Crippen LogP contribution is -1.96. The van der Waals surface area contributed by atoms with Crippen LogP contribution in [0.4, 0.5) is 0 Å². The highest BCUT2D eigenvalue weighted by atomic mass is 15.2. The van der Waals surface area contributed by atoms with E-state index >= 15 is 0 Å². The number of fused-ring (bicyclic) bond motifs is 4. The monoisotopic (exact) mass is 434 g/mol. The first-order valence-corrected chi connectivity index (χ1v) is 11.7. The van der Waals surface area contributed by atoms with Gasteiger partial charge in [-0.1, -0.05) is 109 Å². The summed E-state index contributed by atoms with van der Waals surface area (Å²) in [7, 11) is 0. The first-order valence-electron chi connectivity index (χ1n) is 11.7. The Balaban J connectivity index is 1.62. The first-order chi connectivity index (χ1) is 16.9. The van der Waals surface area contributed by atoms with Gasteiger partial charge >= 0.3 is 0 Å². The first kappa shape index (κ1) is 19.1. The van der Waals surface area contributed by atoms with Crippen LogP contribution in [0.25, 0.3) is 50.3 Å². The van der Waals surface area contributed by atoms with Crippen molar-refractivity contribution in [3.63, 3.8) is 0 Å². The van der Waals surface area contributed by atoms with Gasteiger partial charge in [-0.2, -0.15) is 5.10 Å². The van der Waals surface area contributed by atoms with Crippen LogP contribution in [0, 0.1) is 0 Å². The van der Waals surface area contributed by atoms with Gasteiger partial charge < -0.3 is 0 Å². The van der Waals surface area contributed by atoms with Crippen LogP contribution in [0.5, 0.6) is 0 Å². The number of hydrogen-bond donors (Lipinski definition) is 0. The molecule has 0 fully saturated rings. The fourth-order valence-corrected chi connectivity index (χ4v) is 5.24. The molecule has 0 aliphatic heterocycles. The fraction of sp³-hybridized carbons (Fsp3) is 0.0312. The molecule has 6 aromatic rings. The number of pyridine rings is 1. The molecule has 0 atom stereocenters. The van der Waals surface area contributed by atoms with E-state index in [1.54, 1.807) is 0 Å². The van der Waals surface area contributed by atoms with Gasteiger partial charge in [-0.3, -0.25) is 0 Å². The molecule has 0 N–H and O–H groups in total. The van der Waals surface area contributed by atoms with E-state index in [0.29, 0.717) is 0 Å². The Morgan fingerprint density at radius 3 is 2.12 bits per heavy atom. The molecule has 1 aliphatic carbocycles. The Bertz CT molecular complexity index is 1710. The predicted molar refractivity (Wildman–Crippen MR) is 142 cm³/mol. The largest absolute Gasteiger partial charge is 0.231 e. The molecule has 0 saturated heterocycles. The molecule has 2 nitrogen and oxygen atoms in total. The lowest BCUT2D eigenvalue weighted by Gasteiger charge is -2.10. The van der Waals surface area contributed by atoms with Gasteiger partial charge in [0.25, 0.3) is 0 Å². The molecule has 0 saturated carbocycles. The van der Waals surface area contributed by atoms with Crippen molar-refractivity contribution < 1.29 is 0 Å². The van der Waals surface area contributed by atoms with Crippen LogP contribution in [0.2, 0.25) is 0 Å². The number of benzene rings is 4. The van der Waals surface area contributed by atoms with Gasteiger partial charge in [-0.15, -0.1) is 0 Å². The number of hydrogen-bond acceptors (Lipinski definition) is 1. The molecule has 0 radical (unpaired) electrons. The van der Waals surface area contributed by atoms with Crippen LogP contribution in [0.15, 0.2) is 115 Å². The summed E-state index contributed by atoms with van der Waals surface area (Å²) >= 11 is 0. The van der Waals surface area contributed by atoms with E-state index in [2.05, 4.69) is 126 Å². The van der Waals surface area contributed by atoms with Crippen molar-refractivity contribution in [1.29, 1.82) is 0 Å². The highest BCUT2D eigenvalue weighted by Gasteiger charge is 2.24. The molecule has 7 rings (SSSR count). The molecule has 4 aromatic carbocycles. The Morgan fingerprint density at radius 1 is 0.647 bits per heavy atom. The minimum absolute atomic E-state index is 0.901. The Morgan fingerprint density at radius 2 is 1.32 bits per heavy atom. The summed E-state index contributed by atoms with van der Waals surface area (Å²) in [4.78, 5) is 0. The summed E-state index contributed by atoms with van der Waals surface area (Å²) < 4.78 is 2.17. The quantitative estimate of drug-likeness (QED) is 0.276. The van der Waals surface area contributed by atoms with E-state index < -0.39 is 0 Å². The van der Waals surface area contributed by atoms with Gasteiger partial charge in [-0.25, -0.2) is 4.52 Å². The minimum Gasteiger partial charge on any atom is -0.231 e. The molecule has 2 heterocycles. The molecule has 1 aliphatic rings. The van der Waals surface area contributed by atoms with Gasteiger partial charge in [0.2, 0.25) is 0 Å². The maximum Gasteiger partial charge on any atom is 0.0976 e. The van der Waals surface area contributed by atoms with Crippen molar-refractivity contribution in [3.05, 3.63) is 132 Å². The number of rotatable bonds is 3. The highest BCUT2D eigenvalue weighted by molar-refractivity contribution is 6.08. The van der Waals surface area contributed by atoms with Gasteiger partial charge in [0.05, 0.1) is 16.9 Å². The van der Waals surface area contributed by atoms with Crippen LogP contribution < -0.4 is 0 Å². The van der Waals surface area contributed by atoms with E-state index in [0.717, 1.165) is 28.9 Å². The van der Waals surface area contributed by atoms with Crippen LogP contribution in [0.1, 0.15) is 16.8 Å². The van der Waals surface area contributed by atoms with Crippen molar-refractivity contribution >= 4 is 27.9 Å². The summed E-state index contributed by atoms with van der Waals surface area (Å²) in [6, 6.07) is 40.9. The lowest BCUT2D eigenvalue weighted by molar-refractivity contribution is 0.961. The second-order valence-corrected chi connectivity index (χ2v) is 8.88. The van der Waals surface area contributed by atoms with Gasteiger partial charge in [0, 0.05) is 22.9 Å².